The molecule has 0 aliphatic heterocycles. The van der Waals surface area contributed by atoms with E-state index in [-0.39, 0.29) is 11.4 Å². The zero-order valence-corrected chi connectivity index (χ0v) is 17.8. The molecule has 0 N–H and O–H groups in total. The molecular formula is C24H17FN4O2S. The van der Waals surface area contributed by atoms with E-state index in [9.17, 15) is 9.18 Å². The molecule has 0 aliphatic rings. The number of para-hydroxylation sites is 2. The summed E-state index contributed by atoms with van der Waals surface area (Å²) in [5, 5.41) is 5.11. The zero-order valence-electron chi connectivity index (χ0n) is 17.0. The van der Waals surface area contributed by atoms with Crippen LogP contribution in [0.3, 0.4) is 0 Å². The Balaban J connectivity index is 1.52. The monoisotopic (exact) mass is 444 g/mol. The van der Waals surface area contributed by atoms with Gasteiger partial charge in [-0.1, -0.05) is 47.3 Å². The molecule has 2 heterocycles. The fourth-order valence-electron chi connectivity index (χ4n) is 3.39. The van der Waals surface area contributed by atoms with Crippen molar-refractivity contribution < 1.29 is 8.91 Å². The summed E-state index contributed by atoms with van der Waals surface area (Å²) < 4.78 is 20.1. The molecule has 6 nitrogen and oxygen atoms in total. The van der Waals surface area contributed by atoms with Crippen molar-refractivity contribution in [2.24, 2.45) is 0 Å². The zero-order chi connectivity index (χ0) is 22.1. The van der Waals surface area contributed by atoms with Gasteiger partial charge < -0.3 is 4.52 Å². The van der Waals surface area contributed by atoms with Crippen LogP contribution in [0.2, 0.25) is 0 Å². The minimum Gasteiger partial charge on any atom is -0.334 e. The number of halogens is 1. The summed E-state index contributed by atoms with van der Waals surface area (Å²) in [6.07, 6.45) is 0. The first-order chi connectivity index (χ1) is 15.6. The summed E-state index contributed by atoms with van der Waals surface area (Å²) >= 11 is 1.35. The van der Waals surface area contributed by atoms with Crippen molar-refractivity contribution in [3.05, 3.63) is 100 Å². The molecule has 2 aromatic heterocycles. The number of rotatable bonds is 5. The predicted molar refractivity (Wildman–Crippen MR) is 121 cm³/mol. The van der Waals surface area contributed by atoms with Crippen LogP contribution in [0.4, 0.5) is 4.39 Å². The smallest absolute Gasteiger partial charge is 0.266 e. The number of benzene rings is 3. The largest absolute Gasteiger partial charge is 0.334 e. The Morgan fingerprint density at radius 3 is 2.53 bits per heavy atom. The normalized spacial score (nSPS) is 11.2. The molecule has 0 saturated carbocycles. The first-order valence-electron chi connectivity index (χ1n) is 9.89. The molecule has 0 amide bonds. The van der Waals surface area contributed by atoms with Crippen LogP contribution in [-0.2, 0) is 5.75 Å². The lowest BCUT2D eigenvalue weighted by molar-refractivity contribution is 0.425. The topological polar surface area (TPSA) is 73.8 Å². The van der Waals surface area contributed by atoms with Gasteiger partial charge in [0.15, 0.2) is 11.0 Å². The average Bonchev–Trinajstić information content (AvgIpc) is 3.28. The fraction of sp³-hybridized carbons (Fsp3) is 0.0833. The quantitative estimate of drug-likeness (QED) is 0.275. The van der Waals surface area contributed by atoms with Gasteiger partial charge in [0.05, 0.1) is 22.3 Å². The second-order valence-corrected chi connectivity index (χ2v) is 8.09. The highest BCUT2D eigenvalue weighted by Crippen LogP contribution is 2.26. The third-order valence-corrected chi connectivity index (χ3v) is 5.93. The molecular weight excluding hydrogens is 427 g/mol. The van der Waals surface area contributed by atoms with Crippen LogP contribution in [0.15, 0.2) is 87.3 Å². The van der Waals surface area contributed by atoms with Gasteiger partial charge >= 0.3 is 0 Å². The van der Waals surface area contributed by atoms with Gasteiger partial charge in [0, 0.05) is 5.56 Å². The summed E-state index contributed by atoms with van der Waals surface area (Å²) in [5.41, 5.74) is 2.87. The van der Waals surface area contributed by atoms with Gasteiger partial charge in [-0.15, -0.1) is 0 Å². The van der Waals surface area contributed by atoms with Gasteiger partial charge in [-0.3, -0.25) is 9.36 Å². The maximum atomic E-state index is 13.4. The lowest BCUT2D eigenvalue weighted by Gasteiger charge is -2.14. The van der Waals surface area contributed by atoms with Crippen LogP contribution in [0, 0.1) is 12.7 Å². The molecule has 5 aromatic rings. The Morgan fingerprint density at radius 1 is 0.969 bits per heavy atom. The first-order valence-corrected chi connectivity index (χ1v) is 10.9. The molecule has 0 radical (unpaired) electrons. The number of aryl methyl sites for hydroxylation is 1. The molecule has 0 spiro atoms. The number of hydrogen-bond acceptors (Lipinski definition) is 6. The fourth-order valence-corrected chi connectivity index (χ4v) is 4.24. The molecule has 32 heavy (non-hydrogen) atoms. The molecule has 0 unspecified atom stereocenters. The molecule has 0 saturated heterocycles. The Bertz CT molecular complexity index is 1480. The average molecular weight is 444 g/mol. The molecule has 158 valence electrons. The maximum Gasteiger partial charge on any atom is 0.266 e. The second-order valence-electron chi connectivity index (χ2n) is 7.15. The third-order valence-electron chi connectivity index (χ3n) is 4.99. The summed E-state index contributed by atoms with van der Waals surface area (Å²) in [4.78, 5) is 22.5. The SMILES string of the molecule is Cc1ccccc1-n1c(SCc2noc(-c3ccc(F)cc3)n2)nc2ccccc2c1=O. The van der Waals surface area contributed by atoms with Gasteiger partial charge in [0.25, 0.3) is 11.4 Å². The summed E-state index contributed by atoms with van der Waals surface area (Å²) in [7, 11) is 0. The van der Waals surface area contributed by atoms with Gasteiger partial charge in [0.2, 0.25) is 0 Å². The van der Waals surface area contributed by atoms with E-state index in [1.165, 1.54) is 23.9 Å². The number of thioether (sulfide) groups is 1. The van der Waals surface area contributed by atoms with Crippen LogP contribution >= 0.6 is 11.8 Å². The number of fused-ring (bicyclic) bond motifs is 1. The van der Waals surface area contributed by atoms with Gasteiger partial charge in [-0.2, -0.15) is 4.98 Å². The number of nitrogens with zero attached hydrogens (tertiary/aromatic N) is 4. The molecule has 0 bridgehead atoms. The van der Waals surface area contributed by atoms with Crippen LogP contribution < -0.4 is 5.56 Å². The Morgan fingerprint density at radius 2 is 1.72 bits per heavy atom. The highest BCUT2D eigenvalue weighted by Gasteiger charge is 2.16. The van der Waals surface area contributed by atoms with Crippen molar-refractivity contribution in [3.63, 3.8) is 0 Å². The molecule has 3 aromatic carbocycles. The minimum atomic E-state index is -0.333. The third kappa shape index (κ3) is 3.80. The second kappa shape index (κ2) is 8.39. The molecule has 0 aliphatic carbocycles. The minimum absolute atomic E-state index is 0.132. The summed E-state index contributed by atoms with van der Waals surface area (Å²) in [6, 6.07) is 20.8. The van der Waals surface area contributed by atoms with E-state index in [2.05, 4.69) is 10.1 Å². The maximum absolute atomic E-state index is 13.4. The van der Waals surface area contributed by atoms with E-state index in [1.807, 2.05) is 49.4 Å². The lowest BCUT2D eigenvalue weighted by atomic mass is 10.2. The Kier molecular flexibility index (Phi) is 5.28. The van der Waals surface area contributed by atoms with E-state index in [0.29, 0.717) is 39.1 Å². The van der Waals surface area contributed by atoms with Crippen molar-refractivity contribution in [2.75, 3.05) is 0 Å². The predicted octanol–water partition coefficient (Wildman–Crippen LogP) is 5.18. The van der Waals surface area contributed by atoms with E-state index >= 15 is 0 Å². The van der Waals surface area contributed by atoms with Crippen LogP contribution in [0.25, 0.3) is 28.0 Å². The Hall–Kier alpha value is -3.78. The Labute approximate surface area is 186 Å². The van der Waals surface area contributed by atoms with E-state index in [1.54, 1.807) is 22.8 Å². The highest BCUT2D eigenvalue weighted by molar-refractivity contribution is 7.98. The summed E-state index contributed by atoms with van der Waals surface area (Å²) in [5.74, 6) is 0.776. The van der Waals surface area contributed by atoms with Gasteiger partial charge in [0.1, 0.15) is 5.82 Å². The molecule has 8 heteroatoms. The summed E-state index contributed by atoms with van der Waals surface area (Å²) in [6.45, 7) is 1.96. The van der Waals surface area contributed by atoms with Crippen molar-refractivity contribution >= 4 is 22.7 Å². The van der Waals surface area contributed by atoms with Crippen molar-refractivity contribution in [2.45, 2.75) is 17.8 Å². The molecule has 5 rings (SSSR count). The standard InChI is InChI=1S/C24H17FN4O2S/c1-15-6-2-5-9-20(15)29-23(30)18-7-3-4-8-19(18)26-24(29)32-14-21-27-22(31-28-21)16-10-12-17(25)13-11-16/h2-13H,14H2,1H3. The van der Waals surface area contributed by atoms with Crippen molar-refractivity contribution in [3.8, 4) is 17.1 Å². The van der Waals surface area contributed by atoms with E-state index in [0.717, 1.165) is 11.3 Å². The van der Waals surface area contributed by atoms with E-state index < -0.39 is 0 Å². The molecule has 0 atom stereocenters. The van der Waals surface area contributed by atoms with Gasteiger partial charge in [-0.25, -0.2) is 9.37 Å². The van der Waals surface area contributed by atoms with Crippen molar-refractivity contribution in [1.82, 2.24) is 19.7 Å². The molecule has 0 fully saturated rings. The van der Waals surface area contributed by atoms with Crippen LogP contribution in [-0.4, -0.2) is 19.7 Å². The van der Waals surface area contributed by atoms with Crippen LogP contribution in [0.1, 0.15) is 11.4 Å². The van der Waals surface area contributed by atoms with Crippen LogP contribution in [0.5, 0.6) is 0 Å². The van der Waals surface area contributed by atoms with E-state index in [4.69, 9.17) is 9.51 Å². The highest BCUT2D eigenvalue weighted by atomic mass is 32.2. The number of hydrogen-bond donors (Lipinski definition) is 0. The number of aromatic nitrogens is 4. The van der Waals surface area contributed by atoms with Gasteiger partial charge in [-0.05, 0) is 55.0 Å². The van der Waals surface area contributed by atoms with Crippen molar-refractivity contribution in [1.29, 1.82) is 0 Å². The first kappa shape index (κ1) is 20.1. The lowest BCUT2D eigenvalue weighted by Crippen LogP contribution is -2.22.